The van der Waals surface area contributed by atoms with Gasteiger partial charge in [-0.15, -0.1) is 0 Å². The average molecular weight is 265 g/mol. The molecule has 1 aliphatic heterocycles. The minimum Gasteiger partial charge on any atom is -0.444 e. The molecule has 0 bridgehead atoms. The van der Waals surface area contributed by atoms with Crippen LogP contribution in [0.1, 0.15) is 36.7 Å². The van der Waals surface area contributed by atoms with Gasteiger partial charge < -0.3 is 4.74 Å². The molecule has 0 N–H and O–H groups in total. The largest absolute Gasteiger partial charge is 0.444 e. The predicted molar refractivity (Wildman–Crippen MR) is 67.4 cm³/mol. The number of carbonyl (C=O) groups excluding carboxylic acids is 2. The first-order chi connectivity index (χ1) is 8.78. The van der Waals surface area contributed by atoms with E-state index in [0.717, 1.165) is 0 Å². The minimum atomic E-state index is -0.623. The summed E-state index contributed by atoms with van der Waals surface area (Å²) >= 11 is 0. The molecule has 1 aromatic rings. The van der Waals surface area contributed by atoms with Crippen LogP contribution in [-0.2, 0) is 11.3 Å². The Bertz CT molecular complexity index is 534. The van der Waals surface area contributed by atoms with Gasteiger partial charge in [0.1, 0.15) is 11.4 Å². The van der Waals surface area contributed by atoms with Crippen LogP contribution in [0.2, 0.25) is 0 Å². The fourth-order valence-corrected chi connectivity index (χ4v) is 1.98. The Labute approximate surface area is 111 Å². The second kappa shape index (κ2) is 4.64. The van der Waals surface area contributed by atoms with Gasteiger partial charge in [-0.2, -0.15) is 0 Å². The highest BCUT2D eigenvalue weighted by atomic mass is 19.1. The molecular weight excluding hydrogens is 249 g/mol. The van der Waals surface area contributed by atoms with Gasteiger partial charge in [-0.25, -0.2) is 9.18 Å². The van der Waals surface area contributed by atoms with Crippen LogP contribution in [0.15, 0.2) is 18.2 Å². The van der Waals surface area contributed by atoms with Crippen molar-refractivity contribution in [3.05, 3.63) is 35.1 Å². The molecule has 0 radical (unpaired) electrons. The molecule has 1 amide bonds. The molecule has 0 saturated carbocycles. The number of rotatable bonds is 0. The molecule has 0 spiro atoms. The number of hydrogen-bond donors (Lipinski definition) is 0. The highest BCUT2D eigenvalue weighted by Crippen LogP contribution is 2.23. The van der Waals surface area contributed by atoms with Crippen LogP contribution in [0.4, 0.5) is 9.18 Å². The van der Waals surface area contributed by atoms with Crippen molar-refractivity contribution in [2.45, 2.75) is 32.9 Å². The van der Waals surface area contributed by atoms with Gasteiger partial charge in [0.15, 0.2) is 5.78 Å². The van der Waals surface area contributed by atoms with Gasteiger partial charge >= 0.3 is 6.09 Å². The van der Waals surface area contributed by atoms with Crippen LogP contribution in [-0.4, -0.2) is 28.9 Å². The van der Waals surface area contributed by atoms with Gasteiger partial charge in [0.2, 0.25) is 0 Å². The molecule has 102 valence electrons. The Morgan fingerprint density at radius 1 is 1.32 bits per heavy atom. The van der Waals surface area contributed by atoms with E-state index in [9.17, 15) is 14.0 Å². The van der Waals surface area contributed by atoms with Crippen molar-refractivity contribution in [1.29, 1.82) is 0 Å². The molecule has 0 fully saturated rings. The van der Waals surface area contributed by atoms with E-state index in [2.05, 4.69) is 0 Å². The fourth-order valence-electron chi connectivity index (χ4n) is 1.98. The summed E-state index contributed by atoms with van der Waals surface area (Å²) in [5.41, 5.74) is -0.0214. The standard InChI is InChI=1S/C14H16FNO3/c1-14(2,3)19-13(18)16-7-9-5-4-6-10(15)12(9)11(17)8-16/h4-6H,7-8H2,1-3H3. The van der Waals surface area contributed by atoms with Gasteiger partial charge in [-0.1, -0.05) is 12.1 Å². The van der Waals surface area contributed by atoms with E-state index in [0.29, 0.717) is 5.56 Å². The Kier molecular flexibility index (Phi) is 3.30. The normalized spacial score (nSPS) is 15.2. The third-order valence-electron chi connectivity index (χ3n) is 2.73. The van der Waals surface area contributed by atoms with Crippen molar-refractivity contribution in [2.24, 2.45) is 0 Å². The number of amides is 1. The Hall–Kier alpha value is -1.91. The lowest BCUT2D eigenvalue weighted by Crippen LogP contribution is -2.42. The van der Waals surface area contributed by atoms with E-state index in [4.69, 9.17) is 4.74 Å². The highest BCUT2D eigenvalue weighted by molar-refractivity contribution is 6.01. The molecule has 2 rings (SSSR count). The Balaban J connectivity index is 2.22. The third-order valence-corrected chi connectivity index (χ3v) is 2.73. The summed E-state index contributed by atoms with van der Waals surface area (Å²) in [6.45, 7) is 5.30. The number of nitrogens with zero attached hydrogens (tertiary/aromatic N) is 1. The molecule has 1 aromatic carbocycles. The number of fused-ring (bicyclic) bond motifs is 1. The van der Waals surface area contributed by atoms with E-state index in [1.54, 1.807) is 26.8 Å². The highest BCUT2D eigenvalue weighted by Gasteiger charge is 2.31. The summed E-state index contributed by atoms with van der Waals surface area (Å²) in [7, 11) is 0. The Morgan fingerprint density at radius 2 is 2.00 bits per heavy atom. The summed E-state index contributed by atoms with van der Waals surface area (Å²) in [5, 5.41) is 0. The van der Waals surface area contributed by atoms with Gasteiger partial charge in [0.05, 0.1) is 18.7 Å². The maximum Gasteiger partial charge on any atom is 0.411 e. The SMILES string of the molecule is CC(C)(C)OC(=O)N1CC(=O)c2c(F)cccc2C1. The molecular formula is C14H16FNO3. The first-order valence-electron chi connectivity index (χ1n) is 6.06. The fraction of sp³-hybridized carbons (Fsp3) is 0.429. The first-order valence-corrected chi connectivity index (χ1v) is 6.06. The number of carbonyl (C=O) groups is 2. The maximum atomic E-state index is 13.6. The van der Waals surface area contributed by atoms with Gasteiger partial charge in [-0.05, 0) is 32.4 Å². The zero-order valence-electron chi connectivity index (χ0n) is 11.2. The van der Waals surface area contributed by atoms with Crippen LogP contribution < -0.4 is 0 Å². The van der Waals surface area contributed by atoms with Crippen LogP contribution in [0.25, 0.3) is 0 Å². The summed E-state index contributed by atoms with van der Waals surface area (Å²) in [5.74, 6) is -0.934. The average Bonchev–Trinajstić information content (AvgIpc) is 2.26. The van der Waals surface area contributed by atoms with Crippen LogP contribution in [0.5, 0.6) is 0 Å². The summed E-state index contributed by atoms with van der Waals surface area (Å²) in [4.78, 5) is 25.1. The zero-order chi connectivity index (χ0) is 14.2. The molecule has 1 heterocycles. The third kappa shape index (κ3) is 2.92. The topological polar surface area (TPSA) is 46.6 Å². The van der Waals surface area contributed by atoms with E-state index >= 15 is 0 Å². The van der Waals surface area contributed by atoms with Gasteiger partial charge in [0, 0.05) is 0 Å². The predicted octanol–water partition coefficient (Wildman–Crippen LogP) is 2.76. The molecule has 0 saturated heterocycles. The van der Waals surface area contributed by atoms with Crippen molar-refractivity contribution in [1.82, 2.24) is 4.90 Å². The van der Waals surface area contributed by atoms with E-state index in [-0.39, 0.29) is 18.7 Å². The molecule has 0 unspecified atom stereocenters. The van der Waals surface area contributed by atoms with Crippen molar-refractivity contribution in [2.75, 3.05) is 6.54 Å². The smallest absolute Gasteiger partial charge is 0.411 e. The number of ketones is 1. The molecule has 5 heteroatoms. The van der Waals surface area contributed by atoms with E-state index in [1.165, 1.54) is 17.0 Å². The van der Waals surface area contributed by atoms with Crippen LogP contribution >= 0.6 is 0 Å². The molecule has 0 aromatic heterocycles. The van der Waals surface area contributed by atoms with Gasteiger partial charge in [0.25, 0.3) is 0 Å². The number of hydrogen-bond acceptors (Lipinski definition) is 3. The number of halogens is 1. The van der Waals surface area contributed by atoms with E-state index < -0.39 is 23.3 Å². The van der Waals surface area contributed by atoms with Crippen LogP contribution in [0, 0.1) is 5.82 Å². The summed E-state index contributed by atoms with van der Waals surface area (Å²) < 4.78 is 18.8. The van der Waals surface area contributed by atoms with Crippen molar-refractivity contribution >= 4 is 11.9 Å². The Morgan fingerprint density at radius 3 is 2.63 bits per heavy atom. The lowest BCUT2D eigenvalue weighted by atomic mass is 9.98. The lowest BCUT2D eigenvalue weighted by molar-refractivity contribution is 0.0219. The molecule has 4 nitrogen and oxygen atoms in total. The molecule has 0 aliphatic carbocycles. The maximum absolute atomic E-state index is 13.6. The zero-order valence-corrected chi connectivity index (χ0v) is 11.2. The number of Topliss-reactive ketones (excluding diaryl/α,β-unsaturated/α-hetero) is 1. The van der Waals surface area contributed by atoms with E-state index in [1.807, 2.05) is 0 Å². The van der Waals surface area contributed by atoms with Crippen molar-refractivity contribution in [3.63, 3.8) is 0 Å². The molecule has 19 heavy (non-hydrogen) atoms. The lowest BCUT2D eigenvalue weighted by Gasteiger charge is -2.30. The minimum absolute atomic E-state index is 0.0855. The molecule has 0 atom stereocenters. The van der Waals surface area contributed by atoms with Crippen LogP contribution in [0.3, 0.4) is 0 Å². The second-order valence-electron chi connectivity index (χ2n) is 5.53. The van der Waals surface area contributed by atoms with Crippen molar-refractivity contribution in [3.8, 4) is 0 Å². The second-order valence-corrected chi connectivity index (χ2v) is 5.53. The summed E-state index contributed by atoms with van der Waals surface area (Å²) in [6, 6.07) is 4.42. The monoisotopic (exact) mass is 265 g/mol. The summed E-state index contributed by atoms with van der Waals surface area (Å²) in [6.07, 6.45) is -0.559. The quantitative estimate of drug-likeness (QED) is 0.724. The number of benzene rings is 1. The number of ether oxygens (including phenoxy) is 1. The van der Waals surface area contributed by atoms with Crippen molar-refractivity contribution < 1.29 is 18.7 Å². The first kappa shape index (κ1) is 13.5. The molecule has 1 aliphatic rings. The van der Waals surface area contributed by atoms with Gasteiger partial charge in [-0.3, -0.25) is 9.69 Å².